The quantitative estimate of drug-likeness (QED) is 0.0128. The van der Waals surface area contributed by atoms with Crippen LogP contribution >= 0.6 is 43.2 Å². The average molecular weight is 1900 g/mol. The molecule has 2 aliphatic heterocycles. The van der Waals surface area contributed by atoms with Crippen molar-refractivity contribution in [3.05, 3.63) is 65.7 Å². The summed E-state index contributed by atoms with van der Waals surface area (Å²) in [5.41, 5.74) is 33.9. The fraction of sp³-hybridized carbons (Fsp3) is 0.577. The van der Waals surface area contributed by atoms with Crippen LogP contribution in [0.5, 0.6) is 5.75 Å². The van der Waals surface area contributed by atoms with Crippen molar-refractivity contribution in [3.8, 4) is 5.75 Å². The number of nitrogens with one attached hydrogen (secondary N) is 24. The van der Waals surface area contributed by atoms with Crippen LogP contribution in [0.15, 0.2) is 54.6 Å². The Bertz CT molecular complexity index is 4240. The maximum atomic E-state index is 15.5. The number of aromatic hydroxyl groups is 1. The zero-order valence-electron chi connectivity index (χ0n) is 73.2. The van der Waals surface area contributed by atoms with E-state index in [1.165, 1.54) is 52.0 Å². The van der Waals surface area contributed by atoms with Crippen LogP contribution in [-0.2, 0) is 94.3 Å². The molecule has 2 saturated heterocycles. The van der Waals surface area contributed by atoms with E-state index in [0.29, 0.717) is 12.0 Å². The van der Waals surface area contributed by atoms with Gasteiger partial charge in [0.2, 0.25) is 100 Å². The largest absolute Gasteiger partial charge is 0.508 e. The van der Waals surface area contributed by atoms with Gasteiger partial charge in [-0.2, -0.15) is 0 Å². The summed E-state index contributed by atoms with van der Waals surface area (Å²) < 4.78 is 0. The minimum absolute atomic E-state index is 0.0275. The van der Waals surface area contributed by atoms with E-state index in [0.717, 1.165) is 43.2 Å². The molecule has 0 radical (unpaired) electrons. The van der Waals surface area contributed by atoms with Crippen molar-refractivity contribution in [2.75, 3.05) is 75.4 Å². The molecule has 52 heteroatoms. The van der Waals surface area contributed by atoms with E-state index >= 15 is 33.6 Å². The lowest BCUT2D eigenvalue weighted by Gasteiger charge is -2.30. The number of carbonyl (C=O) groups is 17. The Morgan fingerprint density at radius 2 is 0.923 bits per heavy atom. The van der Waals surface area contributed by atoms with Gasteiger partial charge in [0.15, 0.2) is 23.8 Å². The lowest BCUT2D eigenvalue weighted by Crippen LogP contribution is -2.62. The van der Waals surface area contributed by atoms with Gasteiger partial charge in [-0.25, -0.2) is 0 Å². The van der Waals surface area contributed by atoms with Crippen LogP contribution < -0.4 is 141 Å². The molecule has 0 saturated carbocycles. The van der Waals surface area contributed by atoms with Crippen LogP contribution in [0.25, 0.3) is 0 Å². The standard InChI is InChI=1S/C78H126N30O18S4/c1-39(2)28-49(99-57(111)32-93-56(110)31-94-63(115)45(79)22-26-91-77(85)86)66(118)103-53-36-128-130-38-55(72(124)107-60(40(3)4)73(125)96-34-58(112)97-46(62(80)114)23-27-92-78(87)88)106-74(126)61(41(5)6)108-71(123)54-37-129-127-35-52(104-68(120)51(102-70(53)122)30-43-18-20-44(109)21-19-43)69(121)100-47(16-10-12-24-89-75(81)82)64(116)95-33-59(113)98-48(17-11-13-25-90-76(83)84)65(117)101-50(67(119)105-54)29-42-14-8-7-9-15-42/h7-9,14-15,18-21,39-41,45-55,60-61,109H,10-13,16-17,22-38,79H2,1-6H3,(H2,80,114)(H,93,110)(H,94,115)(H,95,116)(H,96,125)(H,97,112)(H,98,113)(H,99,111)(H,100,121)(H,101,117)(H,102,122)(H,103,118)(H,104,120)(H,105,119)(H,106,126)(H,107,124)(H,108,123)(H4,81,82,89)(H4,83,84,90)(H4,85,86,91)(H4,87,88,92)/t45-,46-,47-,48-,49-,50-,51-,52-,53-,54-,55-,60-,61-/m0/s1. The molecule has 48 nitrogen and oxygen atoms in total. The van der Waals surface area contributed by atoms with Crippen molar-refractivity contribution in [1.82, 2.24) is 106 Å². The fourth-order valence-corrected chi connectivity index (χ4v) is 17.1. The highest BCUT2D eigenvalue weighted by Crippen LogP contribution is 2.27. The van der Waals surface area contributed by atoms with Crippen LogP contribution in [0.1, 0.15) is 110 Å². The minimum Gasteiger partial charge on any atom is -0.508 e. The van der Waals surface area contributed by atoms with Gasteiger partial charge < -0.3 is 146 Å². The molecule has 2 aliphatic rings. The highest BCUT2D eigenvalue weighted by Gasteiger charge is 2.39. The predicted octanol–water partition coefficient (Wildman–Crippen LogP) is -8.53. The number of hydrogen-bond acceptors (Lipinski definition) is 27. The molecule has 2 heterocycles. The molecule has 0 unspecified atom stereocenters. The summed E-state index contributed by atoms with van der Waals surface area (Å²) >= 11 is 0. The van der Waals surface area contributed by atoms with E-state index < -0.39 is 252 Å². The Kier molecular flexibility index (Phi) is 49.3. The van der Waals surface area contributed by atoms with Gasteiger partial charge >= 0.3 is 0 Å². The number of hydrogen-bond donors (Lipinski definition) is 31. The monoisotopic (exact) mass is 1900 g/mol. The molecule has 0 spiro atoms. The molecule has 37 N–H and O–H groups in total. The summed E-state index contributed by atoms with van der Waals surface area (Å²) in [6.45, 7) is 6.89. The Morgan fingerprint density at radius 1 is 0.454 bits per heavy atom. The summed E-state index contributed by atoms with van der Waals surface area (Å²) in [5, 5.41) is 92.1. The van der Waals surface area contributed by atoms with Crippen molar-refractivity contribution >= 4 is 167 Å². The van der Waals surface area contributed by atoms with Gasteiger partial charge in [-0.3, -0.25) is 103 Å². The first kappa shape index (κ1) is 110. The van der Waals surface area contributed by atoms with Crippen molar-refractivity contribution in [1.29, 1.82) is 21.6 Å². The number of unbranched alkanes of at least 4 members (excludes halogenated alkanes) is 2. The van der Waals surface area contributed by atoms with Gasteiger partial charge in [-0.05, 0) is 98.8 Å². The molecule has 2 bridgehead atoms. The van der Waals surface area contributed by atoms with Crippen LogP contribution in [0.4, 0.5) is 0 Å². The molecule has 13 atom stereocenters. The van der Waals surface area contributed by atoms with Crippen LogP contribution in [0, 0.1) is 39.4 Å². The first-order valence-corrected chi connectivity index (χ1v) is 46.9. The third-order valence-corrected chi connectivity index (χ3v) is 24.3. The predicted molar refractivity (Wildman–Crippen MR) is 490 cm³/mol. The summed E-state index contributed by atoms with van der Waals surface area (Å²) in [6.07, 6.45) is -0.203. The molecule has 17 amide bonds. The van der Waals surface area contributed by atoms with Crippen LogP contribution in [-0.4, -0.2) is 283 Å². The number of benzene rings is 2. The number of rotatable bonds is 39. The van der Waals surface area contributed by atoms with E-state index in [-0.39, 0.29) is 119 Å². The third kappa shape index (κ3) is 43.2. The van der Waals surface area contributed by atoms with Crippen molar-refractivity contribution in [3.63, 3.8) is 0 Å². The van der Waals surface area contributed by atoms with Crippen LogP contribution in [0.3, 0.4) is 0 Å². The molecule has 2 aromatic carbocycles. The number of guanidine groups is 4. The molecule has 0 aromatic heterocycles. The number of primary amides is 1. The number of phenols is 1. The second-order valence-corrected chi connectivity index (χ2v) is 36.6. The molecule has 4 rings (SSSR count). The minimum atomic E-state index is -1.76. The highest BCUT2D eigenvalue weighted by atomic mass is 33.1. The van der Waals surface area contributed by atoms with Gasteiger partial charge in [-0.15, -0.1) is 0 Å². The van der Waals surface area contributed by atoms with Gasteiger partial charge in [0.1, 0.15) is 78.3 Å². The van der Waals surface area contributed by atoms with Crippen molar-refractivity contribution in [2.45, 2.75) is 191 Å². The normalized spacial score (nSPS) is 20.6. The second kappa shape index (κ2) is 58.3. The van der Waals surface area contributed by atoms with E-state index in [9.17, 15) is 53.1 Å². The van der Waals surface area contributed by atoms with Crippen LogP contribution in [0.2, 0.25) is 0 Å². The summed E-state index contributed by atoms with van der Waals surface area (Å²) in [4.78, 5) is 245. The number of amides is 17. The lowest BCUT2D eigenvalue weighted by molar-refractivity contribution is -0.136. The first-order valence-electron chi connectivity index (χ1n) is 41.9. The molecular formula is C78H126N30O18S4. The fourth-order valence-electron chi connectivity index (χ4n) is 12.4. The Hall–Kier alpha value is -12.3. The topological polar surface area (TPSA) is 803 Å². The lowest BCUT2D eigenvalue weighted by atomic mass is 10.0. The zero-order valence-corrected chi connectivity index (χ0v) is 76.4. The van der Waals surface area contributed by atoms with Crippen molar-refractivity contribution < 1.29 is 86.6 Å². The molecule has 2 aromatic rings. The van der Waals surface area contributed by atoms with Gasteiger partial charge in [-0.1, -0.05) is 127 Å². The smallest absolute Gasteiger partial charge is 0.244 e. The second-order valence-electron chi connectivity index (χ2n) is 31.4. The third-order valence-electron chi connectivity index (χ3n) is 19.4. The van der Waals surface area contributed by atoms with Gasteiger partial charge in [0.25, 0.3) is 0 Å². The Balaban J connectivity index is 2.00. The number of nitrogens with two attached hydrogens (primary N) is 6. The van der Waals surface area contributed by atoms with Gasteiger partial charge in [0.05, 0.1) is 32.2 Å². The Morgan fingerprint density at radius 3 is 1.46 bits per heavy atom. The maximum absolute atomic E-state index is 15.5. The number of phenolic OH excluding ortho intramolecular Hbond substituents is 1. The van der Waals surface area contributed by atoms with Gasteiger partial charge in [0, 0.05) is 62.0 Å². The highest BCUT2D eigenvalue weighted by molar-refractivity contribution is 8.77. The van der Waals surface area contributed by atoms with E-state index in [1.54, 1.807) is 44.2 Å². The molecular weight excluding hydrogens is 1770 g/mol. The number of carbonyl (C=O) groups excluding carboxylic acids is 17. The molecule has 720 valence electrons. The summed E-state index contributed by atoms with van der Waals surface area (Å²) in [6, 6.07) is -6.48. The summed E-state index contributed by atoms with van der Waals surface area (Å²) in [7, 11) is 3.30. The average Bonchev–Trinajstić information content (AvgIpc) is 0.844. The van der Waals surface area contributed by atoms with E-state index in [4.69, 9.17) is 56.0 Å². The summed E-state index contributed by atoms with van der Waals surface area (Å²) in [5.74, 6) is -22.1. The Labute approximate surface area is 767 Å². The van der Waals surface area contributed by atoms with Crippen molar-refractivity contribution in [2.24, 2.45) is 52.2 Å². The van der Waals surface area contributed by atoms with E-state index in [2.05, 4.69) is 106 Å². The SMILES string of the molecule is CC(C)C[C@H](NC(=O)CNC(=O)CNC(=O)[C@@H](N)CCNC(=N)N)C(=O)N[C@H]1CSSC[C@@H](C(=O)N[C@H](C(=O)NCC(=O)N[C@@H](CCNC(=N)N)C(N)=O)C(C)C)NC(=O)[C@H](C(C)C)NC(=O)[C@@H]2CSSC[C@H](NC(=O)[C@H](Cc3ccc(O)cc3)NC1=O)C(=O)N[C@@H](CCCCNC(=N)N)C(=O)NCC(=O)N[C@@H](CCCCNC(=N)N)C(=O)N[C@@H](Cc1ccccc1)C(=O)N2. The van der Waals surface area contributed by atoms with E-state index in [1.807, 2.05) is 0 Å². The molecule has 2 fully saturated rings. The zero-order chi connectivity index (χ0) is 96.7. The maximum Gasteiger partial charge on any atom is 0.244 e. The first-order chi connectivity index (χ1) is 61.5. The molecule has 0 aliphatic carbocycles. The number of fused-ring (bicyclic) bond motifs is 5. The molecule has 130 heavy (non-hydrogen) atoms.